The van der Waals surface area contributed by atoms with E-state index in [4.69, 9.17) is 23.2 Å². The van der Waals surface area contributed by atoms with Gasteiger partial charge in [-0.25, -0.2) is 16.8 Å². The van der Waals surface area contributed by atoms with Crippen molar-refractivity contribution in [2.45, 2.75) is 23.3 Å². The summed E-state index contributed by atoms with van der Waals surface area (Å²) >= 11 is 12.2. The van der Waals surface area contributed by atoms with E-state index in [-0.39, 0.29) is 42.1 Å². The lowest BCUT2D eigenvalue weighted by atomic mass is 9.85. The van der Waals surface area contributed by atoms with E-state index in [9.17, 15) is 26.7 Å². The van der Waals surface area contributed by atoms with Crippen LogP contribution in [0.4, 0.5) is 11.4 Å². The number of piperidine rings is 1. The molecule has 0 aliphatic carbocycles. The lowest BCUT2D eigenvalue weighted by Crippen LogP contribution is -2.45. The van der Waals surface area contributed by atoms with E-state index in [1.54, 1.807) is 30.3 Å². The maximum absolute atomic E-state index is 13.3. The summed E-state index contributed by atoms with van der Waals surface area (Å²) in [5, 5.41) is 14.6. The average Bonchev–Trinajstić information content (AvgIpc) is 2.88. The second-order valence-corrected chi connectivity index (χ2v) is 14.1. The number of rotatable bonds is 7. The van der Waals surface area contributed by atoms with Gasteiger partial charge < -0.3 is 10.4 Å². The molecule has 1 saturated heterocycles. The molecule has 2 N–H and O–H groups in total. The van der Waals surface area contributed by atoms with Crippen LogP contribution < -0.4 is 9.62 Å². The lowest BCUT2D eigenvalue weighted by molar-refractivity contribution is -0.00961. The van der Waals surface area contributed by atoms with Gasteiger partial charge in [-0.05, 0) is 73.0 Å². The smallest absolute Gasteiger partial charge is 0.257 e. The first-order valence-electron chi connectivity index (χ1n) is 11.8. The van der Waals surface area contributed by atoms with Crippen LogP contribution in [0.5, 0.6) is 0 Å². The molecule has 0 unspecified atom stereocenters. The van der Waals surface area contributed by atoms with Crippen LogP contribution in [0, 0.1) is 0 Å². The molecule has 1 heterocycles. The zero-order valence-corrected chi connectivity index (χ0v) is 24.3. The quantitative estimate of drug-likeness (QED) is 0.410. The van der Waals surface area contributed by atoms with Crippen LogP contribution >= 0.6 is 23.2 Å². The molecule has 208 valence electrons. The molecular weight excluding hydrogens is 585 g/mol. The fraction of sp³-hybridized carbons (Fsp3) is 0.269. The molecule has 0 aromatic heterocycles. The first kappa shape index (κ1) is 29.3. The normalized spacial score (nSPS) is 16.0. The molecule has 0 radical (unpaired) electrons. The number of hydrogen-bond acceptors (Lipinski definition) is 6. The summed E-state index contributed by atoms with van der Waals surface area (Å²) in [5.74, 6) is -0.548. The van der Waals surface area contributed by atoms with Gasteiger partial charge >= 0.3 is 0 Å². The number of nitrogens with one attached hydrogen (secondary N) is 1. The van der Waals surface area contributed by atoms with E-state index in [0.717, 1.165) is 10.6 Å². The molecule has 1 aliphatic heterocycles. The van der Waals surface area contributed by atoms with Crippen molar-refractivity contribution in [2.75, 3.05) is 36.0 Å². The molecule has 9 nitrogen and oxygen atoms in total. The van der Waals surface area contributed by atoms with Gasteiger partial charge in [-0.15, -0.1) is 0 Å². The minimum absolute atomic E-state index is 0.0361. The summed E-state index contributed by atoms with van der Waals surface area (Å²) in [6.45, 7) is 0.179. The summed E-state index contributed by atoms with van der Waals surface area (Å²) < 4.78 is 52.8. The summed E-state index contributed by atoms with van der Waals surface area (Å²) in [7, 11) is -6.09. The number of halogens is 2. The molecule has 3 aromatic rings. The fourth-order valence-electron chi connectivity index (χ4n) is 4.38. The highest BCUT2D eigenvalue weighted by atomic mass is 35.5. The second kappa shape index (κ2) is 11.1. The number of hydrogen-bond donors (Lipinski definition) is 2. The number of anilines is 2. The number of sulfonamides is 2. The summed E-state index contributed by atoms with van der Waals surface area (Å²) in [6, 6.07) is 16.8. The third-order valence-corrected chi connectivity index (χ3v) is 10.2. The molecule has 3 aromatic carbocycles. The van der Waals surface area contributed by atoms with Crippen molar-refractivity contribution in [3.05, 3.63) is 87.9 Å². The first-order valence-corrected chi connectivity index (χ1v) is 15.9. The Kier molecular flexibility index (Phi) is 8.32. The minimum atomic E-state index is -3.86. The molecule has 0 atom stereocenters. The van der Waals surface area contributed by atoms with Gasteiger partial charge in [0.15, 0.2) is 0 Å². The van der Waals surface area contributed by atoms with Crippen molar-refractivity contribution >= 4 is 60.5 Å². The lowest BCUT2D eigenvalue weighted by Gasteiger charge is -2.38. The highest BCUT2D eigenvalue weighted by molar-refractivity contribution is 7.92. The van der Waals surface area contributed by atoms with Gasteiger partial charge in [0.1, 0.15) is 0 Å². The van der Waals surface area contributed by atoms with Gasteiger partial charge in [-0.3, -0.25) is 9.10 Å². The Labute approximate surface area is 238 Å². The standard InChI is InChI=1S/C26H27Cl2N3O6S2/c1-30(38(2,34)35)24-6-4-3-5-23(24)25(32)29-21-7-9-22(10-8-21)39(36,37)31-13-11-26(33,12-14-31)18-15-19(27)17-20(28)16-18/h3-10,15-17,33H,11-14H2,1-2H3,(H,29,32). The molecule has 0 spiro atoms. The Morgan fingerprint density at radius 2 is 1.51 bits per heavy atom. The van der Waals surface area contributed by atoms with E-state index >= 15 is 0 Å². The Morgan fingerprint density at radius 3 is 2.08 bits per heavy atom. The highest BCUT2D eigenvalue weighted by Crippen LogP contribution is 2.37. The number of carbonyl (C=O) groups excluding carboxylic acids is 1. The van der Waals surface area contributed by atoms with E-state index in [1.807, 2.05) is 0 Å². The molecule has 1 fully saturated rings. The Hall–Kier alpha value is -2.67. The van der Waals surface area contributed by atoms with Gasteiger partial charge in [-0.1, -0.05) is 35.3 Å². The molecular formula is C26H27Cl2N3O6S2. The molecule has 1 aliphatic rings. The van der Waals surface area contributed by atoms with E-state index in [0.29, 0.717) is 21.3 Å². The predicted molar refractivity (Wildman–Crippen MR) is 152 cm³/mol. The van der Waals surface area contributed by atoms with Crippen LogP contribution in [0.1, 0.15) is 28.8 Å². The summed E-state index contributed by atoms with van der Waals surface area (Å²) in [4.78, 5) is 13.0. The van der Waals surface area contributed by atoms with Crippen molar-refractivity contribution in [3.8, 4) is 0 Å². The SMILES string of the molecule is CN(c1ccccc1C(=O)Nc1ccc(S(=O)(=O)N2CCC(O)(c3cc(Cl)cc(Cl)c3)CC2)cc1)S(C)(=O)=O. The van der Waals surface area contributed by atoms with Crippen LogP contribution in [-0.4, -0.2) is 58.5 Å². The maximum Gasteiger partial charge on any atom is 0.257 e. The van der Waals surface area contributed by atoms with Crippen LogP contribution in [-0.2, 0) is 25.6 Å². The Morgan fingerprint density at radius 1 is 0.949 bits per heavy atom. The van der Waals surface area contributed by atoms with E-state index in [1.165, 1.54) is 47.8 Å². The second-order valence-electron chi connectivity index (χ2n) is 9.32. The van der Waals surface area contributed by atoms with E-state index in [2.05, 4.69) is 5.32 Å². The molecule has 0 bridgehead atoms. The third-order valence-electron chi connectivity index (χ3n) is 6.68. The van der Waals surface area contributed by atoms with Gasteiger partial charge in [0.05, 0.1) is 28.0 Å². The maximum atomic E-state index is 13.3. The van der Waals surface area contributed by atoms with Crippen molar-refractivity contribution in [3.63, 3.8) is 0 Å². The van der Waals surface area contributed by atoms with E-state index < -0.39 is 31.6 Å². The number of benzene rings is 3. The molecule has 0 saturated carbocycles. The van der Waals surface area contributed by atoms with Crippen molar-refractivity contribution in [2.24, 2.45) is 0 Å². The van der Waals surface area contributed by atoms with Gasteiger partial charge in [0.2, 0.25) is 20.0 Å². The fourth-order valence-corrected chi connectivity index (χ4v) is 6.87. The number of carbonyl (C=O) groups is 1. The van der Waals surface area contributed by atoms with Crippen LogP contribution in [0.25, 0.3) is 0 Å². The van der Waals surface area contributed by atoms with Crippen LogP contribution in [0.2, 0.25) is 10.0 Å². The number of para-hydroxylation sites is 1. The Bertz CT molecular complexity index is 1580. The topological polar surface area (TPSA) is 124 Å². The highest BCUT2D eigenvalue weighted by Gasteiger charge is 2.38. The number of nitrogens with zero attached hydrogens (tertiary/aromatic N) is 2. The zero-order chi connectivity index (χ0) is 28.6. The van der Waals surface area contributed by atoms with Gasteiger partial charge in [0.25, 0.3) is 5.91 Å². The molecule has 4 rings (SSSR count). The van der Waals surface area contributed by atoms with Crippen LogP contribution in [0.15, 0.2) is 71.6 Å². The summed E-state index contributed by atoms with van der Waals surface area (Å²) in [5.41, 5.74) is -0.0235. The number of aliphatic hydroxyl groups is 1. The van der Waals surface area contributed by atoms with Crippen molar-refractivity contribution < 1.29 is 26.7 Å². The molecule has 39 heavy (non-hydrogen) atoms. The third kappa shape index (κ3) is 6.40. The van der Waals surface area contributed by atoms with Crippen LogP contribution in [0.3, 0.4) is 0 Å². The monoisotopic (exact) mass is 611 g/mol. The molecule has 13 heteroatoms. The van der Waals surface area contributed by atoms with Crippen molar-refractivity contribution in [1.29, 1.82) is 0 Å². The average molecular weight is 613 g/mol. The van der Waals surface area contributed by atoms with Crippen molar-refractivity contribution in [1.82, 2.24) is 4.31 Å². The number of amides is 1. The minimum Gasteiger partial charge on any atom is -0.385 e. The molecule has 1 amide bonds. The predicted octanol–water partition coefficient (Wildman–Crippen LogP) is 4.31. The van der Waals surface area contributed by atoms with Gasteiger partial charge in [-0.2, -0.15) is 4.31 Å². The first-order chi connectivity index (χ1) is 18.2. The zero-order valence-electron chi connectivity index (χ0n) is 21.1. The largest absolute Gasteiger partial charge is 0.385 e. The van der Waals surface area contributed by atoms with Gasteiger partial charge in [0, 0.05) is 35.9 Å². The Balaban J connectivity index is 1.46. The summed E-state index contributed by atoms with van der Waals surface area (Å²) in [6.07, 6.45) is 1.37.